The number of piperazine rings is 1. The zero-order valence-electron chi connectivity index (χ0n) is 18.7. The molecule has 0 spiro atoms. The molecule has 1 aliphatic rings. The molecule has 13 heteroatoms. The number of halogens is 4. The Labute approximate surface area is 231 Å². The van der Waals surface area contributed by atoms with E-state index in [1.54, 1.807) is 30.3 Å². The summed E-state index contributed by atoms with van der Waals surface area (Å²) >= 11 is 3.29. The number of hydrogen-bond acceptors (Lipinski definition) is 6. The minimum Gasteiger partial charge on any atom is -0.478 e. The molecule has 0 bridgehead atoms. The lowest BCUT2D eigenvalue weighted by Gasteiger charge is -2.35. The van der Waals surface area contributed by atoms with Gasteiger partial charge in [-0.15, -0.1) is 37.2 Å². The van der Waals surface area contributed by atoms with E-state index in [2.05, 4.69) is 42.4 Å². The summed E-state index contributed by atoms with van der Waals surface area (Å²) in [5.74, 6) is -0.465. The molecule has 3 aromatic rings. The largest absolute Gasteiger partial charge is 0.478 e. The first-order valence-electron chi connectivity index (χ1n) is 10.2. The first kappa shape index (κ1) is 31.2. The molecule has 1 aromatic heterocycles. The van der Waals surface area contributed by atoms with Crippen molar-refractivity contribution in [3.63, 3.8) is 0 Å². The predicted octanol–water partition coefficient (Wildman–Crippen LogP) is 4.90. The third-order valence-electron chi connectivity index (χ3n) is 5.55. The van der Waals surface area contributed by atoms with Crippen molar-refractivity contribution < 1.29 is 18.3 Å². The molecule has 1 fully saturated rings. The Hall–Kier alpha value is -1.82. The maximum atomic E-state index is 12.7. The second-order valence-corrected chi connectivity index (χ2v) is 10.1. The first-order chi connectivity index (χ1) is 15.3. The van der Waals surface area contributed by atoms with Crippen molar-refractivity contribution in [1.82, 2.24) is 9.88 Å². The van der Waals surface area contributed by atoms with Crippen molar-refractivity contribution in [2.75, 3.05) is 42.3 Å². The van der Waals surface area contributed by atoms with Gasteiger partial charge in [0, 0.05) is 41.7 Å². The van der Waals surface area contributed by atoms with Gasteiger partial charge in [-0.25, -0.2) is 18.2 Å². The number of nitrogens with one attached hydrogen (secondary N) is 1. The number of anilines is 2. The minimum atomic E-state index is -3.82. The number of likely N-dealkylation sites (N-methyl/N-ethyl adjacent to an activating group) is 1. The van der Waals surface area contributed by atoms with E-state index in [4.69, 9.17) is 0 Å². The van der Waals surface area contributed by atoms with Gasteiger partial charge >= 0.3 is 5.97 Å². The summed E-state index contributed by atoms with van der Waals surface area (Å²) in [7, 11) is -3.82. The van der Waals surface area contributed by atoms with Gasteiger partial charge in [0.1, 0.15) is 5.82 Å². The molecule has 1 aliphatic heterocycles. The molecule has 8 nitrogen and oxygen atoms in total. The molecule has 0 saturated carbocycles. The minimum absolute atomic E-state index is 0. The van der Waals surface area contributed by atoms with Gasteiger partial charge in [0.05, 0.1) is 16.0 Å². The van der Waals surface area contributed by atoms with Gasteiger partial charge in [0.25, 0.3) is 10.0 Å². The van der Waals surface area contributed by atoms with Crippen molar-refractivity contribution in [3.05, 3.63) is 58.6 Å². The zero-order valence-corrected chi connectivity index (χ0v) is 23.5. The number of rotatable bonds is 6. The van der Waals surface area contributed by atoms with Crippen LogP contribution in [0.2, 0.25) is 0 Å². The van der Waals surface area contributed by atoms with Crippen LogP contribution in [0.3, 0.4) is 0 Å². The fraction of sp³-hybridized carbons (Fsp3) is 0.273. The van der Waals surface area contributed by atoms with E-state index in [0.717, 1.165) is 37.2 Å². The Morgan fingerprint density at radius 2 is 1.66 bits per heavy atom. The predicted molar refractivity (Wildman–Crippen MR) is 150 cm³/mol. The highest BCUT2D eigenvalue weighted by Crippen LogP contribution is 2.28. The molecule has 35 heavy (non-hydrogen) atoms. The number of sulfonamides is 1. The van der Waals surface area contributed by atoms with Gasteiger partial charge < -0.3 is 14.9 Å². The SMILES string of the molecule is CCN1CCN(c2cc(C(=O)O)c3cc(NS(=O)(=O)c4ccc(Br)cc4)ccc3n2)CC1.Cl.Cl.Cl. The Morgan fingerprint density at radius 1 is 1.03 bits per heavy atom. The normalized spacial score (nSPS) is 13.8. The highest BCUT2D eigenvalue weighted by atomic mass is 79.9. The summed E-state index contributed by atoms with van der Waals surface area (Å²) in [6, 6.07) is 12.6. The number of aromatic nitrogens is 1. The monoisotopic (exact) mass is 626 g/mol. The Kier molecular flexibility index (Phi) is 11.5. The lowest BCUT2D eigenvalue weighted by Crippen LogP contribution is -2.46. The van der Waals surface area contributed by atoms with Crippen LogP contribution in [-0.2, 0) is 10.0 Å². The quantitative estimate of drug-likeness (QED) is 0.400. The zero-order chi connectivity index (χ0) is 22.9. The van der Waals surface area contributed by atoms with E-state index >= 15 is 0 Å². The molecule has 0 unspecified atom stereocenters. The Bertz CT molecular complexity index is 1270. The Morgan fingerprint density at radius 3 is 2.23 bits per heavy atom. The first-order valence-corrected chi connectivity index (χ1v) is 12.5. The number of carboxylic acids is 1. The van der Waals surface area contributed by atoms with Gasteiger partial charge in [0.15, 0.2) is 0 Å². The van der Waals surface area contributed by atoms with Crippen molar-refractivity contribution in [2.45, 2.75) is 11.8 Å². The highest BCUT2D eigenvalue weighted by molar-refractivity contribution is 9.10. The molecule has 0 aliphatic carbocycles. The van der Waals surface area contributed by atoms with E-state index in [-0.39, 0.29) is 53.4 Å². The number of fused-ring (bicyclic) bond motifs is 1. The average molecular weight is 629 g/mol. The Balaban J connectivity index is 0.00000204. The van der Waals surface area contributed by atoms with Gasteiger partial charge in [-0.1, -0.05) is 22.9 Å². The van der Waals surface area contributed by atoms with Gasteiger partial charge in [-0.05, 0) is 55.1 Å². The van der Waals surface area contributed by atoms with E-state index in [1.807, 2.05) is 0 Å². The van der Waals surface area contributed by atoms with Crippen molar-refractivity contribution in [2.24, 2.45) is 0 Å². The van der Waals surface area contributed by atoms with E-state index in [1.165, 1.54) is 18.2 Å². The fourth-order valence-corrected chi connectivity index (χ4v) is 5.05. The number of carbonyl (C=O) groups is 1. The number of hydrogen-bond donors (Lipinski definition) is 2. The summed E-state index contributed by atoms with van der Waals surface area (Å²) in [5, 5.41) is 10.2. The van der Waals surface area contributed by atoms with Crippen LogP contribution in [0.1, 0.15) is 17.3 Å². The van der Waals surface area contributed by atoms with E-state index in [9.17, 15) is 18.3 Å². The molecule has 0 amide bonds. The third-order valence-corrected chi connectivity index (χ3v) is 7.47. The van der Waals surface area contributed by atoms with Crippen molar-refractivity contribution >= 4 is 91.6 Å². The van der Waals surface area contributed by atoms with Crippen molar-refractivity contribution in [3.8, 4) is 0 Å². The number of nitrogens with zero attached hydrogens (tertiary/aromatic N) is 3. The summed E-state index contributed by atoms with van der Waals surface area (Å²) in [4.78, 5) is 21.2. The molecule has 2 N–H and O–H groups in total. The van der Waals surface area contributed by atoms with Crippen LogP contribution < -0.4 is 9.62 Å². The molecule has 1 saturated heterocycles. The number of pyridine rings is 1. The summed E-state index contributed by atoms with van der Waals surface area (Å²) < 4.78 is 28.7. The number of benzene rings is 2. The molecular weight excluding hydrogens is 603 g/mol. The summed E-state index contributed by atoms with van der Waals surface area (Å²) in [6.45, 7) is 6.45. The van der Waals surface area contributed by atoms with Crippen molar-refractivity contribution in [1.29, 1.82) is 0 Å². The smallest absolute Gasteiger partial charge is 0.336 e. The fourth-order valence-electron chi connectivity index (χ4n) is 3.74. The van der Waals surface area contributed by atoms with Crippen LogP contribution in [-0.4, -0.2) is 62.1 Å². The van der Waals surface area contributed by atoms with Gasteiger partial charge in [-0.3, -0.25) is 4.72 Å². The second-order valence-electron chi connectivity index (χ2n) is 7.55. The van der Waals surface area contributed by atoms with E-state index in [0.29, 0.717) is 16.7 Å². The van der Waals surface area contributed by atoms with Crippen LogP contribution in [0.5, 0.6) is 0 Å². The van der Waals surface area contributed by atoms with Gasteiger partial charge in [0.2, 0.25) is 0 Å². The molecule has 2 heterocycles. The summed E-state index contributed by atoms with van der Waals surface area (Å²) in [6.07, 6.45) is 0. The van der Waals surface area contributed by atoms with Crippen LogP contribution >= 0.6 is 53.2 Å². The van der Waals surface area contributed by atoms with Crippen LogP contribution in [0, 0.1) is 0 Å². The van der Waals surface area contributed by atoms with Gasteiger partial charge in [-0.2, -0.15) is 0 Å². The van der Waals surface area contributed by atoms with Crippen LogP contribution in [0.15, 0.2) is 57.9 Å². The summed E-state index contributed by atoms with van der Waals surface area (Å²) in [5.41, 5.74) is 0.867. The number of carboxylic acid groups (broad SMARTS) is 1. The maximum absolute atomic E-state index is 12.7. The molecule has 192 valence electrons. The topological polar surface area (TPSA) is 103 Å². The second kappa shape index (κ2) is 12.9. The average Bonchev–Trinajstić information content (AvgIpc) is 2.78. The maximum Gasteiger partial charge on any atom is 0.336 e. The molecular formula is C22H26BrCl3N4O4S. The number of aromatic carboxylic acids is 1. The third kappa shape index (κ3) is 7.12. The molecule has 0 radical (unpaired) electrons. The van der Waals surface area contributed by atoms with E-state index < -0.39 is 16.0 Å². The van der Waals surface area contributed by atoms with Crippen LogP contribution in [0.4, 0.5) is 11.5 Å². The lowest BCUT2D eigenvalue weighted by molar-refractivity contribution is 0.0699. The lowest BCUT2D eigenvalue weighted by atomic mass is 10.1. The molecule has 4 rings (SSSR count). The highest BCUT2D eigenvalue weighted by Gasteiger charge is 2.21. The van der Waals surface area contributed by atoms with Crippen LogP contribution in [0.25, 0.3) is 10.9 Å². The standard InChI is InChI=1S/C22H23BrN4O4S.3ClH/c1-2-26-9-11-27(12-10-26)21-14-19(22(28)29)18-13-16(5-8-20(18)24-21)25-32(30,31)17-6-3-15(23)4-7-17;;;/h3-8,13-14,25H,2,9-12H2,1H3,(H,28,29);3*1H. The molecule has 2 aromatic carbocycles. The molecule has 0 atom stereocenters.